The van der Waals surface area contributed by atoms with Crippen LogP contribution >= 0.6 is 0 Å². The normalized spacial score (nSPS) is 15.1. The zero-order valence-corrected chi connectivity index (χ0v) is 17.9. The minimum Gasteiger partial charge on any atom is -0.497 e. The quantitative estimate of drug-likeness (QED) is 0.539. The van der Waals surface area contributed by atoms with Gasteiger partial charge in [0.25, 0.3) is 10.0 Å². The molecule has 0 heterocycles. The van der Waals surface area contributed by atoms with E-state index in [0.717, 1.165) is 10.0 Å². The number of sulfonamides is 1. The molecule has 2 aromatic rings. The first-order chi connectivity index (χ1) is 13.8. The Balaban J connectivity index is 2.19. The SMILES string of the molecule is CCC(C)ON(C[C@@H](O)C(N)Cc1ccccc1)S(=O)(=O)c1ccc(OC)cc1. The maximum atomic E-state index is 13.1. The zero-order chi connectivity index (χ0) is 21.4. The molecule has 0 aromatic heterocycles. The number of benzene rings is 2. The topological polar surface area (TPSA) is 102 Å². The van der Waals surface area contributed by atoms with E-state index in [0.29, 0.717) is 18.6 Å². The highest BCUT2D eigenvalue weighted by Gasteiger charge is 2.31. The number of hydroxylamine groups is 1. The van der Waals surface area contributed by atoms with E-state index >= 15 is 0 Å². The summed E-state index contributed by atoms with van der Waals surface area (Å²) in [5.41, 5.74) is 7.10. The van der Waals surface area contributed by atoms with Gasteiger partial charge >= 0.3 is 0 Å². The third-order valence-electron chi connectivity index (χ3n) is 4.64. The molecule has 3 atom stereocenters. The van der Waals surface area contributed by atoms with E-state index < -0.39 is 22.2 Å². The van der Waals surface area contributed by atoms with Crippen LogP contribution in [-0.4, -0.2) is 49.9 Å². The maximum Gasteiger partial charge on any atom is 0.265 e. The Bertz CT molecular complexity index is 843. The van der Waals surface area contributed by atoms with Crippen molar-refractivity contribution in [3.05, 3.63) is 60.2 Å². The van der Waals surface area contributed by atoms with Crippen LogP contribution in [-0.2, 0) is 21.3 Å². The van der Waals surface area contributed by atoms with Crippen molar-refractivity contribution in [1.29, 1.82) is 0 Å². The molecule has 29 heavy (non-hydrogen) atoms. The Morgan fingerprint density at radius 1 is 1.10 bits per heavy atom. The lowest BCUT2D eigenvalue weighted by Gasteiger charge is -2.28. The summed E-state index contributed by atoms with van der Waals surface area (Å²) in [6.07, 6.45) is -0.421. The summed E-state index contributed by atoms with van der Waals surface area (Å²) in [5, 5.41) is 10.6. The summed E-state index contributed by atoms with van der Waals surface area (Å²) in [6, 6.07) is 14.9. The predicted octanol–water partition coefficient (Wildman–Crippen LogP) is 2.35. The van der Waals surface area contributed by atoms with Crippen LogP contribution in [0.5, 0.6) is 5.75 Å². The molecular formula is C21H30N2O5S. The molecular weight excluding hydrogens is 392 g/mol. The van der Waals surface area contributed by atoms with Gasteiger partial charge in [-0.1, -0.05) is 41.7 Å². The van der Waals surface area contributed by atoms with Gasteiger partial charge in [-0.25, -0.2) is 8.42 Å². The van der Waals surface area contributed by atoms with Crippen molar-refractivity contribution in [3.8, 4) is 5.75 Å². The van der Waals surface area contributed by atoms with Crippen LogP contribution in [0.25, 0.3) is 0 Å². The molecule has 0 amide bonds. The van der Waals surface area contributed by atoms with Gasteiger partial charge < -0.3 is 15.6 Å². The van der Waals surface area contributed by atoms with Crippen molar-refractivity contribution >= 4 is 10.0 Å². The number of nitrogens with zero attached hydrogens (tertiary/aromatic N) is 1. The Kier molecular flexibility index (Phi) is 8.60. The zero-order valence-electron chi connectivity index (χ0n) is 17.1. The summed E-state index contributed by atoms with van der Waals surface area (Å²) in [7, 11) is -2.49. The fourth-order valence-corrected chi connectivity index (χ4v) is 3.97. The Morgan fingerprint density at radius 3 is 2.28 bits per heavy atom. The summed E-state index contributed by atoms with van der Waals surface area (Å²) in [6.45, 7) is 3.39. The summed E-state index contributed by atoms with van der Waals surface area (Å²) >= 11 is 0. The van der Waals surface area contributed by atoms with Gasteiger partial charge in [0, 0.05) is 6.04 Å². The summed E-state index contributed by atoms with van der Waals surface area (Å²) < 4.78 is 32.1. The molecule has 0 saturated carbocycles. The van der Waals surface area contributed by atoms with Crippen molar-refractivity contribution in [2.75, 3.05) is 13.7 Å². The van der Waals surface area contributed by atoms with Gasteiger partial charge in [-0.15, -0.1) is 0 Å². The fraction of sp³-hybridized carbons (Fsp3) is 0.429. The first kappa shape index (κ1) is 23.3. The second-order valence-electron chi connectivity index (χ2n) is 6.91. The fourth-order valence-electron chi connectivity index (χ4n) is 2.65. The van der Waals surface area contributed by atoms with Gasteiger partial charge in [0.05, 0.1) is 30.8 Å². The molecule has 2 aromatic carbocycles. The van der Waals surface area contributed by atoms with E-state index in [1.165, 1.54) is 19.2 Å². The van der Waals surface area contributed by atoms with E-state index in [1.54, 1.807) is 19.1 Å². The number of methoxy groups -OCH3 is 1. The van der Waals surface area contributed by atoms with E-state index in [2.05, 4.69) is 0 Å². The van der Waals surface area contributed by atoms with Gasteiger partial charge in [0.2, 0.25) is 0 Å². The number of rotatable bonds is 11. The molecule has 0 radical (unpaired) electrons. The maximum absolute atomic E-state index is 13.1. The van der Waals surface area contributed by atoms with E-state index in [-0.39, 0.29) is 17.5 Å². The lowest BCUT2D eigenvalue weighted by molar-refractivity contribution is -0.141. The highest BCUT2D eigenvalue weighted by Crippen LogP contribution is 2.22. The molecule has 2 rings (SSSR count). The molecule has 0 aliphatic carbocycles. The molecule has 0 bridgehead atoms. The van der Waals surface area contributed by atoms with Crippen molar-refractivity contribution in [2.24, 2.45) is 5.73 Å². The molecule has 3 N–H and O–H groups in total. The molecule has 0 fully saturated rings. The number of hydrogen-bond acceptors (Lipinski definition) is 6. The third-order valence-corrected chi connectivity index (χ3v) is 6.28. The lowest BCUT2D eigenvalue weighted by atomic mass is 10.0. The minimum absolute atomic E-state index is 0.0467. The largest absolute Gasteiger partial charge is 0.497 e. The average Bonchev–Trinajstić information content (AvgIpc) is 2.73. The first-order valence-electron chi connectivity index (χ1n) is 9.59. The van der Waals surface area contributed by atoms with Gasteiger partial charge in [-0.05, 0) is 49.6 Å². The molecule has 0 aliphatic heterocycles. The number of aliphatic hydroxyl groups excluding tert-OH is 1. The third kappa shape index (κ3) is 6.52. The van der Waals surface area contributed by atoms with E-state index in [4.69, 9.17) is 15.3 Å². The predicted molar refractivity (Wildman–Crippen MR) is 112 cm³/mol. The minimum atomic E-state index is -3.99. The van der Waals surface area contributed by atoms with Crippen molar-refractivity contribution in [1.82, 2.24) is 4.47 Å². The molecule has 0 saturated heterocycles. The van der Waals surface area contributed by atoms with Crippen molar-refractivity contribution < 1.29 is 23.1 Å². The van der Waals surface area contributed by atoms with Gasteiger partial charge in [-0.2, -0.15) is 0 Å². The molecule has 160 valence electrons. The smallest absolute Gasteiger partial charge is 0.265 e. The van der Waals surface area contributed by atoms with E-state index in [9.17, 15) is 13.5 Å². The molecule has 7 nitrogen and oxygen atoms in total. The van der Waals surface area contributed by atoms with Gasteiger partial charge in [0.15, 0.2) is 0 Å². The lowest BCUT2D eigenvalue weighted by Crippen LogP contribution is -2.47. The van der Waals surface area contributed by atoms with Crippen LogP contribution in [0.4, 0.5) is 0 Å². The first-order valence-corrected chi connectivity index (χ1v) is 11.0. The van der Waals surface area contributed by atoms with Crippen LogP contribution in [0.1, 0.15) is 25.8 Å². The number of nitrogens with two attached hydrogens (primary N) is 1. The highest BCUT2D eigenvalue weighted by molar-refractivity contribution is 7.89. The van der Waals surface area contributed by atoms with Crippen LogP contribution in [0, 0.1) is 0 Å². The number of aliphatic hydroxyl groups is 1. The van der Waals surface area contributed by atoms with Crippen LogP contribution < -0.4 is 10.5 Å². The van der Waals surface area contributed by atoms with Gasteiger partial charge in [0.1, 0.15) is 5.75 Å². The molecule has 8 heteroatoms. The Hall–Kier alpha value is -1.97. The second kappa shape index (κ2) is 10.7. The standard InChI is InChI=1S/C21H30N2O5S/c1-4-16(2)28-23(29(25,26)19-12-10-18(27-3)11-13-19)15-21(24)20(22)14-17-8-6-5-7-9-17/h5-13,16,20-21,24H,4,14-15,22H2,1-3H3/t16?,20?,21-/m1/s1. The average molecular weight is 423 g/mol. The van der Waals surface area contributed by atoms with Crippen molar-refractivity contribution in [2.45, 2.75) is 49.8 Å². The molecule has 2 unspecified atom stereocenters. The van der Waals surface area contributed by atoms with Crippen LogP contribution in [0.2, 0.25) is 0 Å². The summed E-state index contributed by atoms with van der Waals surface area (Å²) in [5.74, 6) is 0.545. The van der Waals surface area contributed by atoms with Crippen LogP contribution in [0.3, 0.4) is 0 Å². The van der Waals surface area contributed by atoms with E-state index in [1.807, 2.05) is 37.3 Å². The molecule has 0 spiro atoms. The summed E-state index contributed by atoms with van der Waals surface area (Å²) in [4.78, 5) is 5.69. The Morgan fingerprint density at radius 2 is 1.72 bits per heavy atom. The monoisotopic (exact) mass is 422 g/mol. The van der Waals surface area contributed by atoms with Crippen molar-refractivity contribution in [3.63, 3.8) is 0 Å². The molecule has 0 aliphatic rings. The number of ether oxygens (including phenoxy) is 1. The highest BCUT2D eigenvalue weighted by atomic mass is 32.2. The second-order valence-corrected chi connectivity index (χ2v) is 8.74. The Labute approximate surface area is 173 Å². The number of hydrogen-bond donors (Lipinski definition) is 2. The van der Waals surface area contributed by atoms with Gasteiger partial charge in [-0.3, -0.25) is 4.84 Å². The van der Waals surface area contributed by atoms with Crippen LogP contribution in [0.15, 0.2) is 59.5 Å².